The van der Waals surface area contributed by atoms with Crippen LogP contribution in [0.4, 0.5) is 0 Å². The van der Waals surface area contributed by atoms with Crippen molar-refractivity contribution in [1.29, 1.82) is 0 Å². The summed E-state index contributed by atoms with van der Waals surface area (Å²) >= 11 is 0. The van der Waals surface area contributed by atoms with Crippen molar-refractivity contribution in [1.82, 2.24) is 15.5 Å². The molecular formula is C12H19N3O2. The molecule has 0 spiro atoms. The van der Waals surface area contributed by atoms with Gasteiger partial charge < -0.3 is 10.4 Å². The Morgan fingerprint density at radius 1 is 1.41 bits per heavy atom. The minimum absolute atomic E-state index is 0.228. The first kappa shape index (κ1) is 13.6. The van der Waals surface area contributed by atoms with Crippen molar-refractivity contribution in [3.05, 3.63) is 24.0 Å². The molecule has 0 aliphatic heterocycles. The van der Waals surface area contributed by atoms with E-state index in [1.165, 1.54) is 12.4 Å². The van der Waals surface area contributed by atoms with E-state index in [2.05, 4.69) is 15.5 Å². The van der Waals surface area contributed by atoms with Crippen LogP contribution in [0.15, 0.2) is 18.5 Å². The standard InChI is InChI=1S/C12H19N3O2/c1-3-9(4-2)11(16)8-13-12(17)10-5-6-14-15-7-10/h5-7,9,11,16H,3-4,8H2,1-2H3,(H,13,17). The normalized spacial score (nSPS) is 12.5. The summed E-state index contributed by atoms with van der Waals surface area (Å²) in [6, 6.07) is 1.59. The van der Waals surface area contributed by atoms with Gasteiger partial charge in [0.15, 0.2) is 0 Å². The summed E-state index contributed by atoms with van der Waals surface area (Å²) in [5, 5.41) is 19.8. The fourth-order valence-electron chi connectivity index (χ4n) is 1.72. The van der Waals surface area contributed by atoms with Crippen LogP contribution >= 0.6 is 0 Å². The predicted octanol–water partition coefficient (Wildman–Crippen LogP) is 1.00. The van der Waals surface area contributed by atoms with Crippen molar-refractivity contribution in [2.75, 3.05) is 6.54 Å². The summed E-state index contributed by atoms with van der Waals surface area (Å²) in [6.07, 6.45) is 4.18. The summed E-state index contributed by atoms with van der Waals surface area (Å²) in [6.45, 7) is 4.34. The molecule has 1 aromatic rings. The molecule has 2 N–H and O–H groups in total. The zero-order valence-electron chi connectivity index (χ0n) is 10.3. The number of hydrogen-bond acceptors (Lipinski definition) is 4. The average molecular weight is 237 g/mol. The van der Waals surface area contributed by atoms with E-state index in [9.17, 15) is 9.90 Å². The van der Waals surface area contributed by atoms with Crippen LogP contribution in [0.25, 0.3) is 0 Å². The van der Waals surface area contributed by atoms with E-state index in [4.69, 9.17) is 0 Å². The minimum atomic E-state index is -0.497. The summed E-state index contributed by atoms with van der Waals surface area (Å²) in [5.41, 5.74) is 0.455. The van der Waals surface area contributed by atoms with Gasteiger partial charge >= 0.3 is 0 Å². The SMILES string of the molecule is CCC(CC)C(O)CNC(=O)c1ccnnc1. The monoisotopic (exact) mass is 237 g/mol. The van der Waals surface area contributed by atoms with E-state index in [0.29, 0.717) is 5.56 Å². The van der Waals surface area contributed by atoms with Crippen LogP contribution in [0, 0.1) is 5.92 Å². The average Bonchev–Trinajstić information content (AvgIpc) is 2.38. The molecule has 1 atom stereocenters. The number of rotatable bonds is 6. The molecule has 0 fully saturated rings. The first-order valence-electron chi connectivity index (χ1n) is 5.92. The Kier molecular flexibility index (Phi) is 5.56. The minimum Gasteiger partial charge on any atom is -0.391 e. The van der Waals surface area contributed by atoms with Gasteiger partial charge in [-0.15, -0.1) is 0 Å². The molecule has 0 radical (unpaired) electrons. The maximum Gasteiger partial charge on any atom is 0.253 e. The highest BCUT2D eigenvalue weighted by Crippen LogP contribution is 2.12. The number of aromatic nitrogens is 2. The number of nitrogens with one attached hydrogen (secondary N) is 1. The molecule has 1 aromatic heterocycles. The van der Waals surface area contributed by atoms with Gasteiger partial charge in [0.2, 0.25) is 0 Å². The second-order valence-electron chi connectivity index (χ2n) is 3.99. The lowest BCUT2D eigenvalue weighted by atomic mass is 9.96. The number of carbonyl (C=O) groups is 1. The molecule has 0 aromatic carbocycles. The number of nitrogens with zero attached hydrogens (tertiary/aromatic N) is 2. The second kappa shape index (κ2) is 6.96. The Labute approximate surface area is 101 Å². The summed E-state index contributed by atoms with van der Waals surface area (Å²) in [7, 11) is 0. The lowest BCUT2D eigenvalue weighted by Gasteiger charge is -2.20. The van der Waals surface area contributed by atoms with E-state index in [1.54, 1.807) is 6.07 Å². The van der Waals surface area contributed by atoms with Gasteiger partial charge in [-0.3, -0.25) is 4.79 Å². The van der Waals surface area contributed by atoms with Gasteiger partial charge in [-0.2, -0.15) is 10.2 Å². The van der Waals surface area contributed by atoms with Crippen LogP contribution in [0.1, 0.15) is 37.0 Å². The smallest absolute Gasteiger partial charge is 0.253 e. The number of carbonyl (C=O) groups excluding carboxylic acids is 1. The summed E-state index contributed by atoms with van der Waals surface area (Å²) in [5.74, 6) is -0.00392. The summed E-state index contributed by atoms with van der Waals surface area (Å²) in [4.78, 5) is 11.7. The molecule has 5 heteroatoms. The molecule has 5 nitrogen and oxygen atoms in total. The Balaban J connectivity index is 2.43. The summed E-state index contributed by atoms with van der Waals surface area (Å²) < 4.78 is 0. The van der Waals surface area contributed by atoms with Gasteiger partial charge in [-0.05, 0) is 12.0 Å². The first-order chi connectivity index (χ1) is 8.19. The Morgan fingerprint density at radius 3 is 2.65 bits per heavy atom. The number of aliphatic hydroxyl groups excluding tert-OH is 1. The van der Waals surface area contributed by atoms with Gasteiger partial charge in [-0.1, -0.05) is 26.7 Å². The highest BCUT2D eigenvalue weighted by Gasteiger charge is 2.16. The quantitative estimate of drug-likeness (QED) is 0.774. The molecule has 0 saturated heterocycles. The predicted molar refractivity (Wildman–Crippen MR) is 64.4 cm³/mol. The van der Waals surface area contributed by atoms with Crippen LogP contribution in [0.5, 0.6) is 0 Å². The fourth-order valence-corrected chi connectivity index (χ4v) is 1.72. The number of aliphatic hydroxyl groups is 1. The molecule has 0 aliphatic rings. The lowest BCUT2D eigenvalue weighted by Crippen LogP contribution is -2.36. The highest BCUT2D eigenvalue weighted by molar-refractivity contribution is 5.93. The molecule has 17 heavy (non-hydrogen) atoms. The van der Waals surface area contributed by atoms with E-state index in [-0.39, 0.29) is 18.4 Å². The van der Waals surface area contributed by atoms with Crippen LogP contribution in [-0.2, 0) is 0 Å². The van der Waals surface area contributed by atoms with Gasteiger partial charge in [0.1, 0.15) is 0 Å². The number of amides is 1. The van der Waals surface area contributed by atoms with Crippen molar-refractivity contribution in [2.45, 2.75) is 32.8 Å². The van der Waals surface area contributed by atoms with Gasteiger partial charge in [0.25, 0.3) is 5.91 Å². The third-order valence-electron chi connectivity index (χ3n) is 2.91. The molecule has 1 amide bonds. The number of hydrogen-bond donors (Lipinski definition) is 2. The van der Waals surface area contributed by atoms with E-state index >= 15 is 0 Å². The maximum absolute atomic E-state index is 11.7. The van der Waals surface area contributed by atoms with Crippen LogP contribution < -0.4 is 5.32 Å². The molecule has 0 saturated carbocycles. The molecule has 0 bridgehead atoms. The zero-order valence-corrected chi connectivity index (χ0v) is 10.3. The van der Waals surface area contributed by atoms with Crippen molar-refractivity contribution in [2.24, 2.45) is 5.92 Å². The van der Waals surface area contributed by atoms with E-state index in [1.807, 2.05) is 13.8 Å². The van der Waals surface area contributed by atoms with Gasteiger partial charge in [0, 0.05) is 6.54 Å². The van der Waals surface area contributed by atoms with Crippen LogP contribution in [0.3, 0.4) is 0 Å². The van der Waals surface area contributed by atoms with E-state index < -0.39 is 6.10 Å². The van der Waals surface area contributed by atoms with Crippen LogP contribution in [0.2, 0.25) is 0 Å². The molecule has 0 aliphatic carbocycles. The third-order valence-corrected chi connectivity index (χ3v) is 2.91. The van der Waals surface area contributed by atoms with Crippen LogP contribution in [-0.4, -0.2) is 33.9 Å². The molecule has 1 rings (SSSR count). The Bertz CT molecular complexity index is 339. The molecule has 94 valence electrons. The topological polar surface area (TPSA) is 75.1 Å². The second-order valence-corrected chi connectivity index (χ2v) is 3.99. The lowest BCUT2D eigenvalue weighted by molar-refractivity contribution is 0.0816. The molecule has 1 heterocycles. The molecular weight excluding hydrogens is 218 g/mol. The third kappa shape index (κ3) is 4.11. The zero-order chi connectivity index (χ0) is 12.7. The Hall–Kier alpha value is -1.49. The Morgan fingerprint density at radius 2 is 2.12 bits per heavy atom. The highest BCUT2D eigenvalue weighted by atomic mass is 16.3. The van der Waals surface area contributed by atoms with Gasteiger partial charge in [0.05, 0.1) is 24.1 Å². The van der Waals surface area contributed by atoms with Gasteiger partial charge in [-0.25, -0.2) is 0 Å². The van der Waals surface area contributed by atoms with E-state index in [0.717, 1.165) is 12.8 Å². The van der Waals surface area contributed by atoms with Crippen molar-refractivity contribution in [3.8, 4) is 0 Å². The fraction of sp³-hybridized carbons (Fsp3) is 0.583. The first-order valence-corrected chi connectivity index (χ1v) is 5.92. The largest absolute Gasteiger partial charge is 0.391 e. The van der Waals surface area contributed by atoms with Crippen molar-refractivity contribution >= 4 is 5.91 Å². The van der Waals surface area contributed by atoms with Crippen molar-refractivity contribution < 1.29 is 9.90 Å². The maximum atomic E-state index is 11.7. The van der Waals surface area contributed by atoms with Crippen molar-refractivity contribution in [3.63, 3.8) is 0 Å². The molecule has 1 unspecified atom stereocenters.